The number of H-pyrrole nitrogens is 1. The smallest absolute Gasteiger partial charge is 0.310 e. The largest absolute Gasteiger partial charge is 0.466 e. The lowest BCUT2D eigenvalue weighted by atomic mass is 9.98. The standard InChI is InChI=1S/C17H20N4O3/c1-2-24-16(23)13-9-6-10-21(11-13)17-18-15(22)14(19-20-17)12-7-4-3-5-8-12/h3-5,7-8,13H,2,6,9-11H2,1H3,(H,18,20,22)/t13-/m1/s1. The molecule has 0 amide bonds. The van der Waals surface area contributed by atoms with Crippen LogP contribution in [0.4, 0.5) is 5.95 Å². The maximum atomic E-state index is 12.3. The summed E-state index contributed by atoms with van der Waals surface area (Å²) in [5.74, 6) is 0.00453. The molecule has 1 aromatic heterocycles. The summed E-state index contributed by atoms with van der Waals surface area (Å²) >= 11 is 0. The lowest BCUT2D eigenvalue weighted by Gasteiger charge is -2.31. The van der Waals surface area contributed by atoms with Crippen molar-refractivity contribution in [2.75, 3.05) is 24.6 Å². The van der Waals surface area contributed by atoms with E-state index in [1.54, 1.807) is 6.92 Å². The number of carbonyl (C=O) groups excluding carboxylic acids is 1. The fourth-order valence-corrected chi connectivity index (χ4v) is 2.88. The van der Waals surface area contributed by atoms with Gasteiger partial charge in [-0.2, -0.15) is 0 Å². The predicted octanol–water partition coefficient (Wildman–Crippen LogP) is 1.61. The number of esters is 1. The monoisotopic (exact) mass is 328 g/mol. The highest BCUT2D eigenvalue weighted by Crippen LogP contribution is 2.21. The van der Waals surface area contributed by atoms with E-state index in [9.17, 15) is 9.59 Å². The molecule has 0 radical (unpaired) electrons. The fraction of sp³-hybridized carbons (Fsp3) is 0.412. The Bertz CT molecular complexity index is 760. The van der Waals surface area contributed by atoms with Gasteiger partial charge in [0.1, 0.15) is 0 Å². The first kappa shape index (κ1) is 16.2. The van der Waals surface area contributed by atoms with Crippen LogP contribution in [0.1, 0.15) is 19.8 Å². The molecule has 1 N–H and O–H groups in total. The van der Waals surface area contributed by atoms with E-state index in [4.69, 9.17) is 4.74 Å². The quantitative estimate of drug-likeness (QED) is 0.858. The summed E-state index contributed by atoms with van der Waals surface area (Å²) < 4.78 is 5.09. The zero-order valence-electron chi connectivity index (χ0n) is 13.6. The van der Waals surface area contributed by atoms with Crippen molar-refractivity contribution in [3.8, 4) is 11.3 Å². The molecule has 7 heteroatoms. The van der Waals surface area contributed by atoms with Crippen molar-refractivity contribution in [2.24, 2.45) is 5.92 Å². The van der Waals surface area contributed by atoms with Crippen molar-refractivity contribution in [2.45, 2.75) is 19.8 Å². The van der Waals surface area contributed by atoms with E-state index in [1.807, 2.05) is 35.2 Å². The van der Waals surface area contributed by atoms with Crippen LogP contribution in [0.3, 0.4) is 0 Å². The highest BCUT2D eigenvalue weighted by atomic mass is 16.5. The van der Waals surface area contributed by atoms with Crippen LogP contribution in [0.2, 0.25) is 0 Å². The molecule has 1 atom stereocenters. The molecular weight excluding hydrogens is 308 g/mol. The van der Waals surface area contributed by atoms with E-state index in [0.717, 1.165) is 24.9 Å². The molecule has 126 valence electrons. The minimum Gasteiger partial charge on any atom is -0.466 e. The minimum atomic E-state index is -0.288. The van der Waals surface area contributed by atoms with Crippen LogP contribution in [-0.2, 0) is 9.53 Å². The number of benzene rings is 1. The molecule has 3 rings (SSSR count). The first-order valence-electron chi connectivity index (χ1n) is 8.13. The number of hydrogen-bond donors (Lipinski definition) is 1. The molecule has 24 heavy (non-hydrogen) atoms. The van der Waals surface area contributed by atoms with Crippen LogP contribution in [0.5, 0.6) is 0 Å². The Balaban J connectivity index is 1.79. The Labute approximate surface area is 139 Å². The number of aromatic nitrogens is 3. The van der Waals surface area contributed by atoms with Crippen LogP contribution in [-0.4, -0.2) is 40.8 Å². The highest BCUT2D eigenvalue weighted by Gasteiger charge is 2.28. The van der Waals surface area contributed by atoms with Crippen molar-refractivity contribution >= 4 is 11.9 Å². The Morgan fingerprint density at radius 3 is 2.83 bits per heavy atom. The number of ether oxygens (including phenoxy) is 1. The van der Waals surface area contributed by atoms with Crippen LogP contribution in [0, 0.1) is 5.92 Å². The van der Waals surface area contributed by atoms with Crippen LogP contribution in [0.15, 0.2) is 35.1 Å². The molecule has 1 aliphatic rings. The molecule has 0 saturated carbocycles. The van der Waals surface area contributed by atoms with E-state index in [1.165, 1.54) is 0 Å². The number of nitrogens with zero attached hydrogens (tertiary/aromatic N) is 3. The van der Waals surface area contributed by atoms with Crippen molar-refractivity contribution in [3.63, 3.8) is 0 Å². The van der Waals surface area contributed by atoms with Crippen molar-refractivity contribution in [1.82, 2.24) is 15.2 Å². The van der Waals surface area contributed by atoms with Gasteiger partial charge >= 0.3 is 5.97 Å². The van der Waals surface area contributed by atoms with Gasteiger partial charge in [0.05, 0.1) is 12.5 Å². The number of hydrogen-bond acceptors (Lipinski definition) is 6. The molecule has 0 bridgehead atoms. The zero-order chi connectivity index (χ0) is 16.9. The summed E-state index contributed by atoms with van der Waals surface area (Å²) in [5, 5.41) is 8.23. The third-order valence-electron chi connectivity index (χ3n) is 4.07. The lowest BCUT2D eigenvalue weighted by Crippen LogP contribution is -2.41. The maximum Gasteiger partial charge on any atom is 0.310 e. The second-order valence-corrected chi connectivity index (χ2v) is 5.73. The molecule has 1 fully saturated rings. The molecular formula is C17H20N4O3. The zero-order valence-corrected chi connectivity index (χ0v) is 13.6. The number of aromatic amines is 1. The molecule has 2 heterocycles. The average Bonchev–Trinajstić information content (AvgIpc) is 2.62. The van der Waals surface area contributed by atoms with Gasteiger partial charge in [-0.3, -0.25) is 14.6 Å². The van der Waals surface area contributed by atoms with E-state index in [0.29, 0.717) is 24.8 Å². The third kappa shape index (κ3) is 3.45. The van der Waals surface area contributed by atoms with Gasteiger partial charge in [0.25, 0.3) is 5.56 Å². The fourth-order valence-electron chi connectivity index (χ4n) is 2.88. The molecule has 0 spiro atoms. The molecule has 0 aliphatic carbocycles. The summed E-state index contributed by atoms with van der Waals surface area (Å²) in [6.45, 7) is 3.38. The number of anilines is 1. The van der Waals surface area contributed by atoms with Gasteiger partial charge in [0.2, 0.25) is 5.95 Å². The predicted molar refractivity (Wildman–Crippen MR) is 89.7 cm³/mol. The molecule has 1 aliphatic heterocycles. The van der Waals surface area contributed by atoms with Gasteiger partial charge in [0.15, 0.2) is 5.69 Å². The van der Waals surface area contributed by atoms with E-state index in [2.05, 4.69) is 15.2 Å². The van der Waals surface area contributed by atoms with E-state index >= 15 is 0 Å². The SMILES string of the molecule is CCOC(=O)[C@@H]1CCCN(c2nnc(-c3ccccc3)c(=O)[nH]2)C1. The lowest BCUT2D eigenvalue weighted by molar-refractivity contribution is -0.148. The summed E-state index contributed by atoms with van der Waals surface area (Å²) in [5.41, 5.74) is 0.726. The number of carbonyl (C=O) groups is 1. The summed E-state index contributed by atoms with van der Waals surface area (Å²) in [4.78, 5) is 28.9. The maximum absolute atomic E-state index is 12.3. The number of piperidine rings is 1. The molecule has 0 unspecified atom stereocenters. The van der Waals surface area contributed by atoms with E-state index in [-0.39, 0.29) is 17.4 Å². The molecule has 1 saturated heterocycles. The summed E-state index contributed by atoms with van der Waals surface area (Å²) in [6.07, 6.45) is 1.63. The van der Waals surface area contributed by atoms with E-state index < -0.39 is 0 Å². The van der Waals surface area contributed by atoms with Gasteiger partial charge in [-0.15, -0.1) is 10.2 Å². The third-order valence-corrected chi connectivity index (χ3v) is 4.07. The van der Waals surface area contributed by atoms with Gasteiger partial charge in [-0.1, -0.05) is 30.3 Å². The second-order valence-electron chi connectivity index (χ2n) is 5.73. The van der Waals surface area contributed by atoms with Crippen molar-refractivity contribution < 1.29 is 9.53 Å². The molecule has 7 nitrogen and oxygen atoms in total. The first-order valence-corrected chi connectivity index (χ1v) is 8.13. The Kier molecular flexibility index (Phi) is 4.88. The topological polar surface area (TPSA) is 88.2 Å². The Hall–Kier alpha value is -2.70. The van der Waals surface area contributed by atoms with Gasteiger partial charge in [-0.05, 0) is 19.8 Å². The minimum absolute atomic E-state index is 0.196. The Morgan fingerprint density at radius 1 is 1.33 bits per heavy atom. The van der Waals surface area contributed by atoms with Crippen LogP contribution in [0.25, 0.3) is 11.3 Å². The van der Waals surface area contributed by atoms with Crippen molar-refractivity contribution in [3.05, 3.63) is 40.7 Å². The second kappa shape index (κ2) is 7.25. The summed E-state index contributed by atoms with van der Waals surface area (Å²) in [6, 6.07) is 9.20. The van der Waals surface area contributed by atoms with Gasteiger partial charge < -0.3 is 9.64 Å². The van der Waals surface area contributed by atoms with Gasteiger partial charge in [0, 0.05) is 18.7 Å². The number of rotatable bonds is 4. The first-order chi connectivity index (χ1) is 11.7. The Morgan fingerprint density at radius 2 is 2.12 bits per heavy atom. The molecule has 1 aromatic carbocycles. The van der Waals surface area contributed by atoms with Gasteiger partial charge in [-0.25, -0.2) is 0 Å². The van der Waals surface area contributed by atoms with Crippen molar-refractivity contribution in [1.29, 1.82) is 0 Å². The molecule has 2 aromatic rings. The number of nitrogens with one attached hydrogen (secondary N) is 1. The van der Waals surface area contributed by atoms with Crippen LogP contribution < -0.4 is 10.5 Å². The summed E-state index contributed by atoms with van der Waals surface area (Å²) in [7, 11) is 0. The van der Waals surface area contributed by atoms with Crippen LogP contribution >= 0.6 is 0 Å². The average molecular weight is 328 g/mol. The normalized spacial score (nSPS) is 17.5. The highest BCUT2D eigenvalue weighted by molar-refractivity contribution is 5.73.